The molecule has 2 aromatic rings. The highest BCUT2D eigenvalue weighted by molar-refractivity contribution is 9.10. The summed E-state index contributed by atoms with van der Waals surface area (Å²) < 4.78 is 4.21. The van der Waals surface area contributed by atoms with Crippen LogP contribution < -0.4 is 10.6 Å². The monoisotopic (exact) mass is 538 g/mol. The topological polar surface area (TPSA) is 67.4 Å². The summed E-state index contributed by atoms with van der Waals surface area (Å²) >= 11 is 23.1. The summed E-state index contributed by atoms with van der Waals surface area (Å²) in [6.07, 6.45) is 1.61. The normalized spacial score (nSPS) is 14.2. The lowest BCUT2D eigenvalue weighted by Gasteiger charge is -2.27. The summed E-state index contributed by atoms with van der Waals surface area (Å²) in [5, 5.41) is 6.27. The van der Waals surface area contributed by atoms with Crippen LogP contribution in [0.3, 0.4) is 0 Å². The molecular formula is C19H18BrCl3N2O3S. The minimum absolute atomic E-state index is 0.261. The maximum atomic E-state index is 12.6. The Morgan fingerprint density at radius 3 is 2.55 bits per heavy atom. The maximum Gasteiger partial charge on any atom is 0.341 e. The molecule has 1 heterocycles. The molecule has 0 spiro atoms. The van der Waals surface area contributed by atoms with E-state index in [1.165, 1.54) is 11.3 Å². The number of rotatable bonds is 6. The fourth-order valence-electron chi connectivity index (χ4n) is 3.07. The lowest BCUT2D eigenvalue weighted by atomic mass is 10.1. The largest absolute Gasteiger partial charge is 0.462 e. The van der Waals surface area contributed by atoms with Crippen molar-refractivity contribution in [2.24, 2.45) is 0 Å². The zero-order chi connectivity index (χ0) is 21.2. The molecule has 2 N–H and O–H groups in total. The Hall–Kier alpha value is -0.990. The number of benzene rings is 1. The number of ether oxygens (including phenoxy) is 1. The summed E-state index contributed by atoms with van der Waals surface area (Å²) in [5.74, 6) is -0.834. The average Bonchev–Trinajstić information content (AvgIpc) is 3.21. The van der Waals surface area contributed by atoms with Gasteiger partial charge in [-0.05, 0) is 56.0 Å². The Labute approximate surface area is 196 Å². The molecule has 1 aromatic carbocycles. The molecule has 1 amide bonds. The fourth-order valence-corrected chi connectivity index (χ4v) is 4.97. The second-order valence-corrected chi connectivity index (χ2v) is 10.8. The third-order valence-electron chi connectivity index (χ3n) is 4.39. The Morgan fingerprint density at radius 1 is 1.24 bits per heavy atom. The van der Waals surface area contributed by atoms with Crippen molar-refractivity contribution in [2.45, 2.75) is 36.1 Å². The van der Waals surface area contributed by atoms with Crippen LogP contribution >= 0.6 is 62.1 Å². The smallest absolute Gasteiger partial charge is 0.341 e. The molecule has 156 valence electrons. The van der Waals surface area contributed by atoms with Crippen LogP contribution in [-0.4, -0.2) is 28.4 Å². The Balaban J connectivity index is 1.87. The van der Waals surface area contributed by atoms with Crippen molar-refractivity contribution < 1.29 is 14.3 Å². The van der Waals surface area contributed by atoms with Gasteiger partial charge >= 0.3 is 5.97 Å². The van der Waals surface area contributed by atoms with E-state index in [2.05, 4.69) is 26.6 Å². The van der Waals surface area contributed by atoms with Crippen molar-refractivity contribution in [3.8, 4) is 0 Å². The Morgan fingerprint density at radius 2 is 1.93 bits per heavy atom. The molecule has 1 atom stereocenters. The Kier molecular flexibility index (Phi) is 7.38. The molecular weight excluding hydrogens is 523 g/mol. The van der Waals surface area contributed by atoms with Crippen LogP contribution in [0.2, 0.25) is 0 Å². The van der Waals surface area contributed by atoms with E-state index in [1.807, 2.05) is 0 Å². The number of halogens is 4. The number of thiophene rings is 1. The van der Waals surface area contributed by atoms with E-state index in [4.69, 9.17) is 39.5 Å². The van der Waals surface area contributed by atoms with Crippen molar-refractivity contribution in [3.05, 3.63) is 50.3 Å². The van der Waals surface area contributed by atoms with E-state index in [0.29, 0.717) is 16.1 Å². The number of carbonyl (C=O) groups excluding carboxylic acids is 2. The van der Waals surface area contributed by atoms with E-state index in [9.17, 15) is 9.59 Å². The van der Waals surface area contributed by atoms with Crippen LogP contribution in [0.4, 0.5) is 5.00 Å². The number of aryl methyl sites for hydroxylation is 1. The van der Waals surface area contributed by atoms with Crippen molar-refractivity contribution >= 4 is 78.9 Å². The van der Waals surface area contributed by atoms with Gasteiger partial charge in [0.05, 0.1) is 12.2 Å². The van der Waals surface area contributed by atoms with E-state index in [0.717, 1.165) is 34.2 Å². The minimum Gasteiger partial charge on any atom is -0.462 e. The molecule has 1 aliphatic rings. The molecule has 1 unspecified atom stereocenters. The van der Waals surface area contributed by atoms with Crippen LogP contribution in [0, 0.1) is 0 Å². The molecule has 1 aromatic heterocycles. The molecule has 1 aliphatic carbocycles. The van der Waals surface area contributed by atoms with Gasteiger partial charge in [-0.25, -0.2) is 4.79 Å². The van der Waals surface area contributed by atoms with E-state index in [1.54, 1.807) is 31.2 Å². The molecule has 0 saturated carbocycles. The number of esters is 1. The molecule has 0 radical (unpaired) electrons. The first kappa shape index (κ1) is 22.7. The number of nitrogens with one attached hydrogen (secondary N) is 2. The molecule has 0 aliphatic heterocycles. The first-order chi connectivity index (χ1) is 13.7. The molecule has 0 saturated heterocycles. The second kappa shape index (κ2) is 9.43. The summed E-state index contributed by atoms with van der Waals surface area (Å²) in [7, 11) is 0. The van der Waals surface area contributed by atoms with Crippen molar-refractivity contribution in [2.75, 3.05) is 11.9 Å². The van der Waals surface area contributed by atoms with Crippen LogP contribution in [0.5, 0.6) is 0 Å². The summed E-state index contributed by atoms with van der Waals surface area (Å²) in [4.78, 5) is 26.3. The molecule has 3 rings (SSSR count). The van der Waals surface area contributed by atoms with Crippen molar-refractivity contribution in [3.63, 3.8) is 0 Å². The van der Waals surface area contributed by atoms with Gasteiger partial charge in [0.15, 0.2) is 0 Å². The van der Waals surface area contributed by atoms with Crippen LogP contribution in [0.15, 0.2) is 28.7 Å². The van der Waals surface area contributed by atoms with Gasteiger partial charge in [0.25, 0.3) is 5.91 Å². The molecule has 0 bridgehead atoms. The van der Waals surface area contributed by atoms with Crippen LogP contribution in [-0.2, 0) is 17.6 Å². The highest BCUT2D eigenvalue weighted by atomic mass is 79.9. The van der Waals surface area contributed by atoms with Gasteiger partial charge < -0.3 is 15.4 Å². The van der Waals surface area contributed by atoms with Crippen LogP contribution in [0.1, 0.15) is 44.5 Å². The molecule has 29 heavy (non-hydrogen) atoms. The van der Waals surface area contributed by atoms with Crippen LogP contribution in [0.25, 0.3) is 0 Å². The second-order valence-electron chi connectivity index (χ2n) is 6.38. The Bertz CT molecular complexity index is 913. The van der Waals surface area contributed by atoms with Gasteiger partial charge in [-0.3, -0.25) is 4.79 Å². The number of fused-ring (bicyclic) bond motifs is 1. The number of hydrogen-bond donors (Lipinski definition) is 2. The third kappa shape index (κ3) is 5.39. The first-order valence-electron chi connectivity index (χ1n) is 8.92. The SMILES string of the molecule is CCOC(=O)c1c(NC(NC(=O)c2ccc(Br)cc2)C(Cl)(Cl)Cl)sc2c1CCC2. The standard InChI is InChI=1S/C19H18BrCl3N2O3S/c1-2-28-17(27)14-12-4-3-5-13(12)29-16(14)25-18(19(21,22)23)24-15(26)10-6-8-11(20)9-7-10/h6-9,18,25H,2-5H2,1H3,(H,24,26). The van der Waals surface area contributed by atoms with Crippen molar-refractivity contribution in [1.29, 1.82) is 0 Å². The number of carbonyl (C=O) groups is 2. The third-order valence-corrected chi connectivity index (χ3v) is 6.79. The van der Waals surface area contributed by atoms with E-state index < -0.39 is 21.8 Å². The van der Waals surface area contributed by atoms with Gasteiger partial charge in [0, 0.05) is 14.9 Å². The minimum atomic E-state index is -1.86. The number of anilines is 1. The molecule has 10 heteroatoms. The van der Waals surface area contributed by atoms with Gasteiger partial charge in [0.1, 0.15) is 11.2 Å². The number of amides is 1. The van der Waals surface area contributed by atoms with Gasteiger partial charge in [0.2, 0.25) is 3.79 Å². The summed E-state index contributed by atoms with van der Waals surface area (Å²) in [6, 6.07) is 6.79. The summed E-state index contributed by atoms with van der Waals surface area (Å²) in [6.45, 7) is 2.01. The van der Waals surface area contributed by atoms with Gasteiger partial charge in [-0.15, -0.1) is 11.3 Å². The fraction of sp³-hybridized carbons (Fsp3) is 0.368. The number of hydrogen-bond acceptors (Lipinski definition) is 5. The lowest BCUT2D eigenvalue weighted by molar-refractivity contribution is 0.0527. The zero-order valence-electron chi connectivity index (χ0n) is 15.4. The average molecular weight is 541 g/mol. The van der Waals surface area contributed by atoms with Crippen molar-refractivity contribution in [1.82, 2.24) is 5.32 Å². The molecule has 0 fully saturated rings. The highest BCUT2D eigenvalue weighted by Crippen LogP contribution is 2.41. The first-order valence-corrected chi connectivity index (χ1v) is 11.7. The zero-order valence-corrected chi connectivity index (χ0v) is 20.0. The lowest BCUT2D eigenvalue weighted by Crippen LogP contribution is -2.49. The van der Waals surface area contributed by atoms with E-state index >= 15 is 0 Å². The quantitative estimate of drug-likeness (QED) is 0.280. The maximum absolute atomic E-state index is 12.6. The van der Waals surface area contributed by atoms with E-state index in [-0.39, 0.29) is 6.61 Å². The van der Waals surface area contributed by atoms with Gasteiger partial charge in [-0.2, -0.15) is 0 Å². The summed E-state index contributed by atoms with van der Waals surface area (Å²) in [5.41, 5.74) is 1.84. The highest BCUT2D eigenvalue weighted by Gasteiger charge is 2.37. The predicted octanol–water partition coefficient (Wildman–Crippen LogP) is 5.71. The molecule has 5 nitrogen and oxygen atoms in total. The number of alkyl halides is 3. The van der Waals surface area contributed by atoms with Gasteiger partial charge in [-0.1, -0.05) is 50.7 Å². The predicted molar refractivity (Wildman–Crippen MR) is 122 cm³/mol.